The van der Waals surface area contributed by atoms with E-state index in [0.29, 0.717) is 12.1 Å². The lowest BCUT2D eigenvalue weighted by atomic mass is 10.1. The Kier molecular flexibility index (Phi) is 3.05. The molecule has 0 aliphatic heterocycles. The Morgan fingerprint density at radius 2 is 1.88 bits per heavy atom. The molecule has 0 spiro atoms. The molecule has 1 aromatic carbocycles. The molecule has 2 N–H and O–H groups in total. The summed E-state index contributed by atoms with van der Waals surface area (Å²) < 4.78 is 0.955. The van der Waals surface area contributed by atoms with Gasteiger partial charge in [0, 0.05) is 22.7 Å². The van der Waals surface area contributed by atoms with Crippen molar-refractivity contribution in [1.82, 2.24) is 9.97 Å². The molecule has 0 saturated carbocycles. The highest BCUT2D eigenvalue weighted by Crippen LogP contribution is 2.17. The Balaban J connectivity index is 2.38. The minimum Gasteiger partial charge on any atom is -0.311 e. The first kappa shape index (κ1) is 10.9. The molecule has 0 saturated heterocycles. The molecular formula is C11H9BrN2O2. The number of benzene rings is 1. The number of aromatic nitrogens is 2. The highest BCUT2D eigenvalue weighted by Gasteiger charge is 2.02. The quantitative estimate of drug-likeness (QED) is 0.874. The van der Waals surface area contributed by atoms with Gasteiger partial charge in [0.1, 0.15) is 0 Å². The third kappa shape index (κ3) is 2.49. The number of H-pyrrole nitrogens is 2. The van der Waals surface area contributed by atoms with Crippen LogP contribution < -0.4 is 11.2 Å². The summed E-state index contributed by atoms with van der Waals surface area (Å²) in [6.45, 7) is 0. The Hall–Kier alpha value is -1.62. The monoisotopic (exact) mass is 280 g/mol. The summed E-state index contributed by atoms with van der Waals surface area (Å²) in [7, 11) is 0. The molecule has 0 fully saturated rings. The second kappa shape index (κ2) is 4.49. The molecular weight excluding hydrogens is 272 g/mol. The molecule has 1 heterocycles. The number of hydrogen-bond donors (Lipinski definition) is 2. The third-order valence-electron chi connectivity index (χ3n) is 2.15. The van der Waals surface area contributed by atoms with Gasteiger partial charge in [-0.1, -0.05) is 34.1 Å². The van der Waals surface area contributed by atoms with Gasteiger partial charge in [-0.05, 0) is 11.6 Å². The first-order valence-electron chi connectivity index (χ1n) is 4.71. The number of hydrogen-bond acceptors (Lipinski definition) is 2. The molecule has 0 amide bonds. The SMILES string of the molecule is O=c1cc(Cc2ccccc2Br)[nH]c(=O)[nH]1. The molecule has 0 atom stereocenters. The molecule has 4 nitrogen and oxygen atoms in total. The van der Waals surface area contributed by atoms with Crippen LogP contribution >= 0.6 is 15.9 Å². The van der Waals surface area contributed by atoms with Gasteiger partial charge in [0.2, 0.25) is 0 Å². The van der Waals surface area contributed by atoms with Crippen molar-refractivity contribution in [3.05, 3.63) is 66.9 Å². The largest absolute Gasteiger partial charge is 0.325 e. The molecule has 0 aliphatic carbocycles. The van der Waals surface area contributed by atoms with Crippen LogP contribution in [-0.2, 0) is 6.42 Å². The van der Waals surface area contributed by atoms with Gasteiger partial charge in [0.25, 0.3) is 5.56 Å². The van der Waals surface area contributed by atoms with E-state index >= 15 is 0 Å². The predicted molar refractivity (Wildman–Crippen MR) is 64.6 cm³/mol. The van der Waals surface area contributed by atoms with Gasteiger partial charge < -0.3 is 4.98 Å². The highest BCUT2D eigenvalue weighted by molar-refractivity contribution is 9.10. The van der Waals surface area contributed by atoms with E-state index in [-0.39, 0.29) is 5.56 Å². The van der Waals surface area contributed by atoms with Gasteiger partial charge in [-0.2, -0.15) is 0 Å². The summed E-state index contributed by atoms with van der Waals surface area (Å²) in [4.78, 5) is 26.9. The van der Waals surface area contributed by atoms with E-state index < -0.39 is 5.69 Å². The number of halogens is 1. The van der Waals surface area contributed by atoms with Crippen LogP contribution in [0.25, 0.3) is 0 Å². The topological polar surface area (TPSA) is 65.7 Å². The van der Waals surface area contributed by atoms with Crippen LogP contribution in [0.3, 0.4) is 0 Å². The Morgan fingerprint density at radius 3 is 2.56 bits per heavy atom. The fraction of sp³-hybridized carbons (Fsp3) is 0.0909. The second-order valence-corrected chi connectivity index (χ2v) is 4.24. The summed E-state index contributed by atoms with van der Waals surface area (Å²) in [6.07, 6.45) is 0.514. The maximum Gasteiger partial charge on any atom is 0.325 e. The van der Waals surface area contributed by atoms with Crippen molar-refractivity contribution in [3.8, 4) is 0 Å². The summed E-state index contributed by atoms with van der Waals surface area (Å²) >= 11 is 3.41. The lowest BCUT2D eigenvalue weighted by molar-refractivity contribution is 0.951. The van der Waals surface area contributed by atoms with E-state index in [1.54, 1.807) is 0 Å². The predicted octanol–water partition coefficient (Wildman–Crippen LogP) is 1.42. The summed E-state index contributed by atoms with van der Waals surface area (Å²) in [6, 6.07) is 9.06. The van der Waals surface area contributed by atoms with E-state index in [1.807, 2.05) is 24.3 Å². The zero-order chi connectivity index (χ0) is 11.5. The summed E-state index contributed by atoms with van der Waals surface area (Å²) in [5, 5.41) is 0. The number of nitrogens with one attached hydrogen (secondary N) is 2. The molecule has 0 radical (unpaired) electrons. The van der Waals surface area contributed by atoms with Crippen molar-refractivity contribution in [3.63, 3.8) is 0 Å². The average molecular weight is 281 g/mol. The molecule has 2 rings (SSSR count). The van der Waals surface area contributed by atoms with Crippen LogP contribution in [0.5, 0.6) is 0 Å². The highest BCUT2D eigenvalue weighted by atomic mass is 79.9. The first-order valence-corrected chi connectivity index (χ1v) is 5.50. The lowest BCUT2D eigenvalue weighted by Gasteiger charge is -2.03. The van der Waals surface area contributed by atoms with Crippen LogP contribution in [0.1, 0.15) is 11.3 Å². The molecule has 0 aliphatic rings. The number of rotatable bonds is 2. The molecule has 16 heavy (non-hydrogen) atoms. The fourth-order valence-corrected chi connectivity index (χ4v) is 1.89. The van der Waals surface area contributed by atoms with Gasteiger partial charge in [0.15, 0.2) is 0 Å². The van der Waals surface area contributed by atoms with Crippen LogP contribution in [0, 0.1) is 0 Å². The zero-order valence-corrected chi connectivity index (χ0v) is 9.87. The molecule has 2 aromatic rings. The van der Waals surface area contributed by atoms with Crippen molar-refractivity contribution in [2.24, 2.45) is 0 Å². The van der Waals surface area contributed by atoms with Gasteiger partial charge in [0.05, 0.1) is 0 Å². The van der Waals surface area contributed by atoms with Crippen LogP contribution in [0.2, 0.25) is 0 Å². The third-order valence-corrected chi connectivity index (χ3v) is 2.93. The van der Waals surface area contributed by atoms with Crippen molar-refractivity contribution >= 4 is 15.9 Å². The Morgan fingerprint density at radius 1 is 1.12 bits per heavy atom. The van der Waals surface area contributed by atoms with E-state index in [2.05, 4.69) is 25.9 Å². The smallest absolute Gasteiger partial charge is 0.311 e. The van der Waals surface area contributed by atoms with Crippen LogP contribution in [0.15, 0.2) is 44.4 Å². The minimum absolute atomic E-state index is 0.384. The van der Waals surface area contributed by atoms with Crippen LogP contribution in [0.4, 0.5) is 0 Å². The summed E-state index contributed by atoms with van der Waals surface area (Å²) in [5.74, 6) is 0. The Labute approximate surface area is 99.5 Å². The summed E-state index contributed by atoms with van der Waals surface area (Å²) in [5.41, 5.74) is 0.754. The van der Waals surface area contributed by atoms with Gasteiger partial charge in [-0.25, -0.2) is 4.79 Å². The average Bonchev–Trinajstić information content (AvgIpc) is 2.20. The first-order chi connectivity index (χ1) is 7.65. The Bertz CT molecular complexity index is 587. The molecule has 0 bridgehead atoms. The van der Waals surface area contributed by atoms with E-state index in [9.17, 15) is 9.59 Å². The normalized spacial score (nSPS) is 10.3. The molecule has 82 valence electrons. The van der Waals surface area contributed by atoms with Crippen molar-refractivity contribution in [1.29, 1.82) is 0 Å². The van der Waals surface area contributed by atoms with Crippen molar-refractivity contribution in [2.75, 3.05) is 0 Å². The molecule has 5 heteroatoms. The van der Waals surface area contributed by atoms with Crippen LogP contribution in [-0.4, -0.2) is 9.97 Å². The maximum absolute atomic E-state index is 11.1. The van der Waals surface area contributed by atoms with E-state index in [1.165, 1.54) is 6.07 Å². The molecule has 0 unspecified atom stereocenters. The molecule has 1 aromatic heterocycles. The van der Waals surface area contributed by atoms with Crippen molar-refractivity contribution < 1.29 is 0 Å². The lowest BCUT2D eigenvalue weighted by Crippen LogP contribution is -2.23. The van der Waals surface area contributed by atoms with E-state index in [4.69, 9.17) is 0 Å². The van der Waals surface area contributed by atoms with Crippen molar-refractivity contribution in [2.45, 2.75) is 6.42 Å². The standard InChI is InChI=1S/C11H9BrN2O2/c12-9-4-2-1-3-7(9)5-8-6-10(15)14-11(16)13-8/h1-4,6H,5H2,(H2,13,14,15,16). The van der Waals surface area contributed by atoms with E-state index in [0.717, 1.165) is 10.0 Å². The van der Waals surface area contributed by atoms with Gasteiger partial charge >= 0.3 is 5.69 Å². The zero-order valence-electron chi connectivity index (χ0n) is 8.29. The minimum atomic E-state index is -0.477. The second-order valence-electron chi connectivity index (χ2n) is 3.38. The number of aromatic amines is 2. The maximum atomic E-state index is 11.1. The van der Waals surface area contributed by atoms with Gasteiger partial charge in [-0.15, -0.1) is 0 Å². The van der Waals surface area contributed by atoms with Gasteiger partial charge in [-0.3, -0.25) is 9.78 Å². The fourth-order valence-electron chi connectivity index (χ4n) is 1.46.